The topological polar surface area (TPSA) is 107 Å². The second-order valence-corrected chi connectivity index (χ2v) is 6.38. The Morgan fingerprint density at radius 3 is 2.46 bits per heavy atom. The monoisotopic (exact) mass is 378 g/mol. The van der Waals surface area contributed by atoms with Gasteiger partial charge in [-0.3, -0.25) is 19.7 Å². The third kappa shape index (κ3) is 4.29. The van der Waals surface area contributed by atoms with Crippen molar-refractivity contribution >= 4 is 17.3 Å². The van der Waals surface area contributed by atoms with Gasteiger partial charge in [-0.1, -0.05) is 17.7 Å². The van der Waals surface area contributed by atoms with Gasteiger partial charge in [0.2, 0.25) is 5.91 Å². The Morgan fingerprint density at radius 2 is 1.82 bits per heavy atom. The fourth-order valence-corrected chi connectivity index (χ4v) is 2.75. The van der Waals surface area contributed by atoms with Gasteiger partial charge < -0.3 is 5.32 Å². The molecule has 1 amide bonds. The second-order valence-electron chi connectivity index (χ2n) is 6.38. The van der Waals surface area contributed by atoms with Gasteiger partial charge in [-0.25, -0.2) is 4.68 Å². The first kappa shape index (κ1) is 19.0. The number of hydrogen-bond donors (Lipinski definition) is 1. The van der Waals surface area contributed by atoms with E-state index in [4.69, 9.17) is 0 Å². The van der Waals surface area contributed by atoms with Crippen LogP contribution in [0.25, 0.3) is 11.3 Å². The van der Waals surface area contributed by atoms with Gasteiger partial charge in [-0.05, 0) is 43.7 Å². The molecule has 1 aromatic heterocycles. The van der Waals surface area contributed by atoms with Crippen LogP contribution < -0.4 is 10.9 Å². The normalized spacial score (nSPS) is 10.5. The summed E-state index contributed by atoms with van der Waals surface area (Å²) in [5.74, 6) is -0.373. The van der Waals surface area contributed by atoms with Crippen LogP contribution in [0.1, 0.15) is 11.1 Å². The number of carbonyl (C=O) groups excluding carboxylic acids is 1. The average molecular weight is 378 g/mol. The molecule has 0 aliphatic rings. The third-order valence-electron chi connectivity index (χ3n) is 4.19. The van der Waals surface area contributed by atoms with Gasteiger partial charge in [0.25, 0.3) is 11.2 Å². The van der Waals surface area contributed by atoms with E-state index in [0.717, 1.165) is 15.8 Å². The minimum Gasteiger partial charge on any atom is -0.324 e. The van der Waals surface area contributed by atoms with E-state index in [-0.39, 0.29) is 18.1 Å². The molecule has 0 saturated heterocycles. The van der Waals surface area contributed by atoms with Crippen molar-refractivity contribution in [3.05, 3.63) is 86.2 Å². The first-order valence-corrected chi connectivity index (χ1v) is 8.53. The third-order valence-corrected chi connectivity index (χ3v) is 4.19. The van der Waals surface area contributed by atoms with Crippen LogP contribution in [0.3, 0.4) is 0 Å². The number of rotatable bonds is 5. The van der Waals surface area contributed by atoms with Crippen molar-refractivity contribution in [3.8, 4) is 11.3 Å². The van der Waals surface area contributed by atoms with Crippen LogP contribution in [-0.4, -0.2) is 20.6 Å². The lowest BCUT2D eigenvalue weighted by molar-refractivity contribution is -0.384. The largest absolute Gasteiger partial charge is 0.324 e. The van der Waals surface area contributed by atoms with E-state index in [0.29, 0.717) is 16.9 Å². The molecule has 8 nitrogen and oxygen atoms in total. The van der Waals surface area contributed by atoms with Crippen molar-refractivity contribution in [2.75, 3.05) is 5.32 Å². The number of carbonyl (C=O) groups is 1. The molecule has 0 unspecified atom stereocenters. The SMILES string of the molecule is Cc1ccc(NC(=O)Cn2nc(-c3ccc([N+](=O)[O-])cc3)ccc2=O)c(C)c1. The molecule has 0 radical (unpaired) electrons. The maximum atomic E-state index is 12.4. The summed E-state index contributed by atoms with van der Waals surface area (Å²) in [4.78, 5) is 34.7. The van der Waals surface area contributed by atoms with Crippen molar-refractivity contribution in [1.82, 2.24) is 9.78 Å². The maximum Gasteiger partial charge on any atom is 0.269 e. The minimum atomic E-state index is -0.491. The molecule has 0 saturated carbocycles. The molecule has 0 fully saturated rings. The number of benzene rings is 2. The smallest absolute Gasteiger partial charge is 0.269 e. The first-order valence-electron chi connectivity index (χ1n) is 8.53. The van der Waals surface area contributed by atoms with Crippen LogP contribution in [0.2, 0.25) is 0 Å². The average Bonchev–Trinajstić information content (AvgIpc) is 2.66. The number of hydrogen-bond acceptors (Lipinski definition) is 5. The van der Waals surface area contributed by atoms with Crippen molar-refractivity contribution in [2.24, 2.45) is 0 Å². The van der Waals surface area contributed by atoms with E-state index in [1.807, 2.05) is 32.0 Å². The number of nitrogens with one attached hydrogen (secondary N) is 1. The summed E-state index contributed by atoms with van der Waals surface area (Å²) in [5.41, 5.74) is 3.28. The van der Waals surface area contributed by atoms with E-state index in [1.54, 1.807) is 12.1 Å². The van der Waals surface area contributed by atoms with Crippen LogP contribution in [0.15, 0.2) is 59.4 Å². The number of nitro groups is 1. The minimum absolute atomic E-state index is 0.0371. The summed E-state index contributed by atoms with van der Waals surface area (Å²) >= 11 is 0. The molecule has 0 atom stereocenters. The van der Waals surface area contributed by atoms with Gasteiger partial charge in [0.1, 0.15) is 6.54 Å². The Bertz CT molecular complexity index is 1100. The standard InChI is InChI=1S/C20H18N4O4/c1-13-3-8-17(14(2)11-13)21-19(25)12-23-20(26)10-9-18(22-23)15-4-6-16(7-5-15)24(27)28/h3-11H,12H2,1-2H3,(H,21,25). The Labute approximate surface area is 160 Å². The van der Waals surface area contributed by atoms with Gasteiger partial charge in [-0.2, -0.15) is 5.10 Å². The molecule has 0 bridgehead atoms. The van der Waals surface area contributed by atoms with E-state index in [1.165, 1.54) is 24.3 Å². The lowest BCUT2D eigenvalue weighted by atomic mass is 10.1. The molecule has 0 spiro atoms. The number of aryl methyl sites for hydroxylation is 2. The molecule has 3 rings (SSSR count). The first-order chi connectivity index (χ1) is 13.3. The predicted molar refractivity (Wildman–Crippen MR) is 105 cm³/mol. The summed E-state index contributed by atoms with van der Waals surface area (Å²) in [6.07, 6.45) is 0. The van der Waals surface area contributed by atoms with Crippen molar-refractivity contribution in [2.45, 2.75) is 20.4 Å². The van der Waals surface area contributed by atoms with E-state index < -0.39 is 10.5 Å². The quantitative estimate of drug-likeness (QED) is 0.542. The van der Waals surface area contributed by atoms with Gasteiger partial charge in [-0.15, -0.1) is 0 Å². The van der Waals surface area contributed by atoms with Crippen LogP contribution >= 0.6 is 0 Å². The van der Waals surface area contributed by atoms with E-state index in [9.17, 15) is 19.7 Å². The van der Waals surface area contributed by atoms with Gasteiger partial charge in [0.05, 0.1) is 10.6 Å². The van der Waals surface area contributed by atoms with Gasteiger partial charge in [0.15, 0.2) is 0 Å². The molecular formula is C20H18N4O4. The number of aromatic nitrogens is 2. The molecule has 2 aromatic carbocycles. The summed E-state index contributed by atoms with van der Waals surface area (Å²) in [7, 11) is 0. The zero-order valence-corrected chi connectivity index (χ0v) is 15.4. The molecular weight excluding hydrogens is 360 g/mol. The highest BCUT2D eigenvalue weighted by Gasteiger charge is 2.11. The number of nitrogens with zero attached hydrogens (tertiary/aromatic N) is 3. The summed E-state index contributed by atoms with van der Waals surface area (Å²) in [6, 6.07) is 14.3. The highest BCUT2D eigenvalue weighted by atomic mass is 16.6. The number of anilines is 1. The van der Waals surface area contributed by atoms with Crippen molar-refractivity contribution < 1.29 is 9.72 Å². The molecule has 0 aliphatic carbocycles. The van der Waals surface area contributed by atoms with Crippen LogP contribution in [0, 0.1) is 24.0 Å². The molecule has 1 N–H and O–H groups in total. The van der Waals surface area contributed by atoms with E-state index >= 15 is 0 Å². The maximum absolute atomic E-state index is 12.4. The number of nitro benzene ring substituents is 1. The van der Waals surface area contributed by atoms with Gasteiger partial charge in [0, 0.05) is 29.4 Å². The zero-order chi connectivity index (χ0) is 20.3. The molecule has 28 heavy (non-hydrogen) atoms. The zero-order valence-electron chi connectivity index (χ0n) is 15.4. The molecule has 1 heterocycles. The summed E-state index contributed by atoms with van der Waals surface area (Å²) in [6.45, 7) is 3.61. The predicted octanol–water partition coefficient (Wildman–Crippen LogP) is 3.07. The highest BCUT2D eigenvalue weighted by Crippen LogP contribution is 2.20. The number of amides is 1. The highest BCUT2D eigenvalue weighted by molar-refractivity contribution is 5.91. The van der Waals surface area contributed by atoms with E-state index in [2.05, 4.69) is 10.4 Å². The lowest BCUT2D eigenvalue weighted by Gasteiger charge is -2.10. The van der Waals surface area contributed by atoms with Crippen molar-refractivity contribution in [3.63, 3.8) is 0 Å². The molecule has 3 aromatic rings. The van der Waals surface area contributed by atoms with Crippen LogP contribution in [-0.2, 0) is 11.3 Å². The molecule has 8 heteroatoms. The summed E-state index contributed by atoms with van der Waals surface area (Å²) < 4.78 is 1.07. The lowest BCUT2D eigenvalue weighted by Crippen LogP contribution is -2.29. The Morgan fingerprint density at radius 1 is 1.11 bits per heavy atom. The number of non-ortho nitro benzene ring substituents is 1. The van der Waals surface area contributed by atoms with Crippen molar-refractivity contribution in [1.29, 1.82) is 0 Å². The Kier molecular flexibility index (Phi) is 5.30. The Hall–Kier alpha value is -3.81. The van der Waals surface area contributed by atoms with Crippen LogP contribution in [0.5, 0.6) is 0 Å². The van der Waals surface area contributed by atoms with Gasteiger partial charge >= 0.3 is 0 Å². The molecule has 142 valence electrons. The second kappa shape index (κ2) is 7.83. The fourth-order valence-electron chi connectivity index (χ4n) is 2.75. The fraction of sp³-hybridized carbons (Fsp3) is 0.150. The Balaban J connectivity index is 1.80. The van der Waals surface area contributed by atoms with Crippen LogP contribution in [0.4, 0.5) is 11.4 Å². The summed E-state index contributed by atoms with van der Waals surface area (Å²) in [5, 5.41) is 17.7. The molecule has 0 aliphatic heterocycles.